The monoisotopic (exact) mass is 421 g/mol. The van der Waals surface area contributed by atoms with Crippen LogP contribution in [0.4, 0.5) is 0 Å². The van der Waals surface area contributed by atoms with Gasteiger partial charge in [0, 0.05) is 19.0 Å². The normalized spacial score (nSPS) is 17.2. The molecule has 0 amide bonds. The first-order chi connectivity index (χ1) is 15.1. The summed E-state index contributed by atoms with van der Waals surface area (Å²) in [5.74, 6) is 0.0913. The summed E-state index contributed by atoms with van der Waals surface area (Å²) in [6, 6.07) is 17.1. The molecule has 1 atom stereocenters. The highest BCUT2D eigenvalue weighted by atomic mass is 16.5. The van der Waals surface area contributed by atoms with E-state index in [9.17, 15) is 4.79 Å². The van der Waals surface area contributed by atoms with Crippen LogP contribution in [0, 0.1) is 19.8 Å². The predicted octanol–water partition coefficient (Wildman–Crippen LogP) is 5.24. The van der Waals surface area contributed by atoms with Crippen molar-refractivity contribution in [2.24, 2.45) is 5.92 Å². The van der Waals surface area contributed by atoms with Crippen molar-refractivity contribution in [1.82, 2.24) is 4.90 Å². The maximum Gasteiger partial charge on any atom is 0.310 e. The van der Waals surface area contributed by atoms with Crippen LogP contribution in [0.5, 0.6) is 0 Å². The van der Waals surface area contributed by atoms with Gasteiger partial charge in [0.2, 0.25) is 0 Å². The van der Waals surface area contributed by atoms with E-state index in [1.807, 2.05) is 13.2 Å². The van der Waals surface area contributed by atoms with E-state index in [0.29, 0.717) is 13.2 Å². The average Bonchev–Trinajstić information content (AvgIpc) is 2.78. The molecule has 0 bridgehead atoms. The van der Waals surface area contributed by atoms with Gasteiger partial charge in [-0.1, -0.05) is 48.5 Å². The van der Waals surface area contributed by atoms with Crippen molar-refractivity contribution in [3.05, 3.63) is 83.1 Å². The molecular weight excluding hydrogens is 386 g/mol. The summed E-state index contributed by atoms with van der Waals surface area (Å²) in [6.07, 6.45) is 5.95. The zero-order chi connectivity index (χ0) is 22.1. The van der Waals surface area contributed by atoms with E-state index in [1.165, 1.54) is 22.3 Å². The Morgan fingerprint density at radius 3 is 2.35 bits per heavy atom. The molecule has 0 spiro atoms. The van der Waals surface area contributed by atoms with Gasteiger partial charge in [0.25, 0.3) is 0 Å². The quantitative estimate of drug-likeness (QED) is 0.315. The van der Waals surface area contributed by atoms with Crippen LogP contribution in [-0.2, 0) is 14.3 Å². The maximum atomic E-state index is 12.0. The number of allylic oxidation sites excluding steroid dienone is 1. The van der Waals surface area contributed by atoms with Crippen LogP contribution >= 0.6 is 0 Å². The van der Waals surface area contributed by atoms with Crippen LogP contribution in [0.2, 0.25) is 0 Å². The topological polar surface area (TPSA) is 38.8 Å². The Morgan fingerprint density at radius 1 is 1.10 bits per heavy atom. The summed E-state index contributed by atoms with van der Waals surface area (Å²) in [7, 11) is 0. The molecule has 0 aromatic heterocycles. The van der Waals surface area contributed by atoms with Crippen molar-refractivity contribution in [2.75, 3.05) is 32.8 Å². The van der Waals surface area contributed by atoms with E-state index in [-0.39, 0.29) is 17.8 Å². The molecule has 166 valence electrons. The Balaban J connectivity index is 1.59. The molecule has 1 saturated heterocycles. The van der Waals surface area contributed by atoms with Crippen molar-refractivity contribution in [3.63, 3.8) is 0 Å². The van der Waals surface area contributed by atoms with E-state index < -0.39 is 0 Å². The second-order valence-corrected chi connectivity index (χ2v) is 8.28. The van der Waals surface area contributed by atoms with Crippen molar-refractivity contribution < 1.29 is 14.3 Å². The van der Waals surface area contributed by atoms with E-state index in [0.717, 1.165) is 32.5 Å². The lowest BCUT2D eigenvalue weighted by Crippen LogP contribution is -2.40. The summed E-state index contributed by atoms with van der Waals surface area (Å²) < 4.78 is 11.1. The van der Waals surface area contributed by atoms with Gasteiger partial charge in [-0.2, -0.15) is 0 Å². The number of likely N-dealkylation sites (tertiary alicyclic amines) is 1. The average molecular weight is 422 g/mol. The van der Waals surface area contributed by atoms with Crippen molar-refractivity contribution in [3.8, 4) is 0 Å². The minimum atomic E-state index is -0.0627. The molecule has 31 heavy (non-hydrogen) atoms. The number of piperidine rings is 1. The number of carbonyl (C=O) groups is 1. The smallest absolute Gasteiger partial charge is 0.310 e. The Morgan fingerprint density at radius 2 is 1.74 bits per heavy atom. The number of hydrogen-bond donors (Lipinski definition) is 0. The van der Waals surface area contributed by atoms with E-state index >= 15 is 0 Å². The van der Waals surface area contributed by atoms with Crippen LogP contribution in [0.1, 0.15) is 47.9 Å². The van der Waals surface area contributed by atoms with Crippen LogP contribution in [-0.4, -0.2) is 43.7 Å². The number of esters is 1. The fraction of sp³-hybridized carbons (Fsp3) is 0.444. The number of aryl methyl sites for hydroxylation is 2. The number of ether oxygens (including phenoxy) is 2. The standard InChI is InChI=1S/C27H35NO3/c1-4-31-27(29)23-12-9-16-28(20-23)17-19-30-18-15-26(24-13-7-5-10-21(24)2)25-14-8-6-11-22(25)3/h5-8,10-11,13-15,18,23,26H,4,9,12,16-17,19-20H2,1-3H3/b18-15+/t23-/m1/s1. The summed E-state index contributed by atoms with van der Waals surface area (Å²) in [5.41, 5.74) is 5.15. The SMILES string of the molecule is CCOC(=O)[C@@H]1CCCN(CCO/C=C/C(c2ccccc2C)c2ccccc2C)C1. The molecule has 4 nitrogen and oxygen atoms in total. The predicted molar refractivity (Wildman–Crippen MR) is 125 cm³/mol. The summed E-state index contributed by atoms with van der Waals surface area (Å²) >= 11 is 0. The van der Waals surface area contributed by atoms with Gasteiger partial charge < -0.3 is 9.47 Å². The van der Waals surface area contributed by atoms with Gasteiger partial charge >= 0.3 is 5.97 Å². The Hall–Kier alpha value is -2.59. The maximum absolute atomic E-state index is 12.0. The summed E-state index contributed by atoms with van der Waals surface area (Å²) in [4.78, 5) is 14.3. The second kappa shape index (κ2) is 11.7. The Labute approximate surface area is 186 Å². The molecule has 3 rings (SSSR count). The highest BCUT2D eigenvalue weighted by Crippen LogP contribution is 2.30. The number of hydrogen-bond acceptors (Lipinski definition) is 4. The van der Waals surface area contributed by atoms with E-state index in [1.54, 1.807) is 0 Å². The fourth-order valence-electron chi connectivity index (χ4n) is 4.34. The number of nitrogens with zero attached hydrogens (tertiary/aromatic N) is 1. The van der Waals surface area contributed by atoms with Crippen LogP contribution in [0.25, 0.3) is 0 Å². The molecule has 1 heterocycles. The molecule has 0 unspecified atom stereocenters. The molecule has 0 aliphatic carbocycles. The minimum absolute atomic E-state index is 0.00395. The fourth-order valence-corrected chi connectivity index (χ4v) is 4.34. The van der Waals surface area contributed by atoms with Gasteiger partial charge in [-0.3, -0.25) is 9.69 Å². The van der Waals surface area contributed by atoms with Crippen molar-refractivity contribution in [2.45, 2.75) is 39.5 Å². The Bertz CT molecular complexity index is 831. The van der Waals surface area contributed by atoms with Gasteiger partial charge in [0.15, 0.2) is 0 Å². The summed E-state index contributed by atoms with van der Waals surface area (Å²) in [5, 5.41) is 0. The van der Waals surface area contributed by atoms with Gasteiger partial charge in [-0.15, -0.1) is 0 Å². The minimum Gasteiger partial charge on any atom is -0.500 e. The molecule has 1 fully saturated rings. The first-order valence-electron chi connectivity index (χ1n) is 11.4. The van der Waals surface area contributed by atoms with Gasteiger partial charge in [0.05, 0.1) is 25.4 Å². The molecular formula is C27H35NO3. The lowest BCUT2D eigenvalue weighted by molar-refractivity contribution is -0.150. The van der Waals surface area contributed by atoms with Crippen LogP contribution in [0.15, 0.2) is 60.9 Å². The van der Waals surface area contributed by atoms with Crippen LogP contribution < -0.4 is 0 Å². The van der Waals surface area contributed by atoms with Crippen molar-refractivity contribution in [1.29, 1.82) is 0 Å². The van der Waals surface area contributed by atoms with Gasteiger partial charge in [0.1, 0.15) is 0 Å². The van der Waals surface area contributed by atoms with Crippen molar-refractivity contribution >= 4 is 5.97 Å². The lowest BCUT2D eigenvalue weighted by Gasteiger charge is -2.31. The zero-order valence-electron chi connectivity index (χ0n) is 19.0. The highest BCUT2D eigenvalue weighted by molar-refractivity contribution is 5.72. The third-order valence-corrected chi connectivity index (χ3v) is 6.07. The first-order valence-corrected chi connectivity index (χ1v) is 11.4. The van der Waals surface area contributed by atoms with Crippen LogP contribution in [0.3, 0.4) is 0 Å². The Kier molecular flexibility index (Phi) is 8.72. The molecule has 0 radical (unpaired) electrons. The third-order valence-electron chi connectivity index (χ3n) is 6.07. The first kappa shape index (κ1) is 23.1. The molecule has 1 aliphatic heterocycles. The molecule has 0 N–H and O–H groups in total. The lowest BCUT2D eigenvalue weighted by atomic mass is 9.86. The molecule has 2 aromatic carbocycles. The van der Waals surface area contributed by atoms with E-state index in [2.05, 4.69) is 73.4 Å². The zero-order valence-corrected chi connectivity index (χ0v) is 19.0. The number of benzene rings is 2. The van der Waals surface area contributed by atoms with Gasteiger partial charge in [-0.25, -0.2) is 0 Å². The number of carbonyl (C=O) groups excluding carboxylic acids is 1. The molecule has 2 aromatic rings. The largest absolute Gasteiger partial charge is 0.500 e. The second-order valence-electron chi connectivity index (χ2n) is 8.28. The molecule has 4 heteroatoms. The van der Waals surface area contributed by atoms with Gasteiger partial charge in [-0.05, 0) is 68.5 Å². The summed E-state index contributed by atoms with van der Waals surface area (Å²) in [6.45, 7) is 9.84. The highest BCUT2D eigenvalue weighted by Gasteiger charge is 2.26. The third kappa shape index (κ3) is 6.44. The molecule has 0 saturated carbocycles. The molecule has 1 aliphatic rings. The van der Waals surface area contributed by atoms with E-state index in [4.69, 9.17) is 9.47 Å². The number of rotatable bonds is 9.